The molecule has 0 radical (unpaired) electrons. The lowest BCUT2D eigenvalue weighted by molar-refractivity contribution is -0.137. The van der Waals surface area contributed by atoms with Gasteiger partial charge in [-0.2, -0.15) is 0 Å². The number of benzene rings is 1. The highest BCUT2D eigenvalue weighted by atomic mass is 16.5. The summed E-state index contributed by atoms with van der Waals surface area (Å²) in [6.45, 7) is 1.75. The maximum Gasteiger partial charge on any atom is 0.305 e. The number of carbonyl (C=O) groups excluding carboxylic acids is 1. The number of hydrogen-bond donors (Lipinski definition) is 2. The number of rotatable bonds is 6. The molecule has 0 aromatic heterocycles. The molecule has 0 spiro atoms. The van der Waals surface area contributed by atoms with Gasteiger partial charge in [0, 0.05) is 14.0 Å². The molecule has 5 heteroatoms. The molecule has 1 aromatic carbocycles. The van der Waals surface area contributed by atoms with Crippen molar-refractivity contribution < 1.29 is 19.4 Å². The summed E-state index contributed by atoms with van der Waals surface area (Å²) < 4.78 is 5.07. The molecule has 0 aliphatic rings. The highest BCUT2D eigenvalue weighted by Gasteiger charge is 2.19. The number of carboxylic acid groups (broad SMARTS) is 1. The third-order valence-corrected chi connectivity index (χ3v) is 2.49. The number of nitrogens with one attached hydrogen (secondary N) is 1. The lowest BCUT2D eigenvalue weighted by Crippen LogP contribution is -2.28. The van der Waals surface area contributed by atoms with Crippen LogP contribution in [0.5, 0.6) is 0 Å². The number of amides is 1. The average Bonchev–Trinajstić information content (AvgIpc) is 2.28. The van der Waals surface area contributed by atoms with Crippen molar-refractivity contribution in [1.29, 1.82) is 0 Å². The molecule has 18 heavy (non-hydrogen) atoms. The number of hydrogen-bond acceptors (Lipinski definition) is 3. The average molecular weight is 251 g/mol. The second-order valence-corrected chi connectivity index (χ2v) is 3.98. The molecule has 0 saturated heterocycles. The molecule has 98 valence electrons. The predicted octanol–water partition coefficient (Wildman–Crippen LogP) is 1.48. The zero-order valence-corrected chi connectivity index (χ0v) is 10.5. The van der Waals surface area contributed by atoms with Crippen LogP contribution in [-0.2, 0) is 20.9 Å². The Hall–Kier alpha value is -1.88. The molecule has 1 aromatic rings. The Labute approximate surface area is 106 Å². The minimum atomic E-state index is -0.957. The Balaban J connectivity index is 3.02. The predicted molar refractivity (Wildman–Crippen MR) is 66.0 cm³/mol. The maximum absolute atomic E-state index is 11.1. The van der Waals surface area contributed by atoms with E-state index in [1.165, 1.54) is 6.92 Å². The molecular formula is C13H17NO4. The van der Waals surface area contributed by atoms with E-state index in [2.05, 4.69) is 5.32 Å². The van der Waals surface area contributed by atoms with Gasteiger partial charge in [0.1, 0.15) is 0 Å². The van der Waals surface area contributed by atoms with Crippen LogP contribution in [0.15, 0.2) is 24.3 Å². The van der Waals surface area contributed by atoms with Crippen LogP contribution in [0.25, 0.3) is 0 Å². The Morgan fingerprint density at radius 3 is 2.61 bits per heavy atom. The van der Waals surface area contributed by atoms with E-state index < -0.39 is 12.0 Å². The summed E-state index contributed by atoms with van der Waals surface area (Å²) in [5.74, 6) is -1.21. The molecule has 0 heterocycles. The monoisotopic (exact) mass is 251 g/mol. The van der Waals surface area contributed by atoms with Gasteiger partial charge in [0.15, 0.2) is 0 Å². The van der Waals surface area contributed by atoms with Gasteiger partial charge in [0.25, 0.3) is 0 Å². The zero-order chi connectivity index (χ0) is 13.5. The van der Waals surface area contributed by atoms with Gasteiger partial charge < -0.3 is 15.2 Å². The third-order valence-electron chi connectivity index (χ3n) is 2.49. The van der Waals surface area contributed by atoms with Gasteiger partial charge in [-0.15, -0.1) is 0 Å². The standard InChI is InChI=1S/C13H17NO4/c1-9(15)14-12(7-13(16)17)11-6-4-3-5-10(11)8-18-2/h3-6,12H,7-8H2,1-2H3,(H,14,15)(H,16,17)/t12-/m0/s1. The summed E-state index contributed by atoms with van der Waals surface area (Å²) in [6, 6.07) is 6.79. The number of aliphatic carboxylic acids is 1. The topological polar surface area (TPSA) is 75.6 Å². The van der Waals surface area contributed by atoms with Gasteiger partial charge in [-0.05, 0) is 11.1 Å². The summed E-state index contributed by atoms with van der Waals surface area (Å²) in [7, 11) is 1.57. The first-order chi connectivity index (χ1) is 8.54. The quantitative estimate of drug-likeness (QED) is 0.803. The summed E-state index contributed by atoms with van der Waals surface area (Å²) in [4.78, 5) is 22.0. The van der Waals surface area contributed by atoms with E-state index in [1.807, 2.05) is 18.2 Å². The van der Waals surface area contributed by atoms with E-state index in [9.17, 15) is 9.59 Å². The van der Waals surface area contributed by atoms with Gasteiger partial charge >= 0.3 is 5.97 Å². The van der Waals surface area contributed by atoms with E-state index in [4.69, 9.17) is 9.84 Å². The van der Waals surface area contributed by atoms with E-state index in [-0.39, 0.29) is 12.3 Å². The number of ether oxygens (including phenoxy) is 1. The molecule has 0 aliphatic heterocycles. The van der Waals surface area contributed by atoms with Crippen LogP contribution in [0.2, 0.25) is 0 Å². The minimum Gasteiger partial charge on any atom is -0.481 e. The van der Waals surface area contributed by atoms with Crippen LogP contribution in [0.3, 0.4) is 0 Å². The van der Waals surface area contributed by atoms with Crippen molar-refractivity contribution >= 4 is 11.9 Å². The van der Waals surface area contributed by atoms with Crippen LogP contribution >= 0.6 is 0 Å². The van der Waals surface area contributed by atoms with Crippen molar-refractivity contribution in [2.45, 2.75) is 26.0 Å². The summed E-state index contributed by atoms with van der Waals surface area (Å²) >= 11 is 0. The lowest BCUT2D eigenvalue weighted by atomic mass is 9.98. The van der Waals surface area contributed by atoms with Crippen molar-refractivity contribution in [3.8, 4) is 0 Å². The first kappa shape index (κ1) is 14.2. The first-order valence-electron chi connectivity index (χ1n) is 5.60. The molecule has 1 rings (SSSR count). The van der Waals surface area contributed by atoms with Gasteiger partial charge in [-0.1, -0.05) is 24.3 Å². The second-order valence-electron chi connectivity index (χ2n) is 3.98. The Kier molecular flexibility index (Phi) is 5.32. The van der Waals surface area contributed by atoms with Gasteiger partial charge in [0.05, 0.1) is 19.1 Å². The number of carboxylic acids is 1. The van der Waals surface area contributed by atoms with Crippen LogP contribution in [-0.4, -0.2) is 24.1 Å². The Bertz CT molecular complexity index is 415. The molecule has 0 aliphatic carbocycles. The Morgan fingerprint density at radius 2 is 2.06 bits per heavy atom. The maximum atomic E-state index is 11.1. The summed E-state index contributed by atoms with van der Waals surface area (Å²) in [5.41, 5.74) is 1.65. The van der Waals surface area contributed by atoms with E-state index in [0.29, 0.717) is 6.61 Å². The van der Waals surface area contributed by atoms with Crippen molar-refractivity contribution in [1.82, 2.24) is 5.32 Å². The normalized spacial score (nSPS) is 11.9. The van der Waals surface area contributed by atoms with Gasteiger partial charge in [0.2, 0.25) is 5.91 Å². The lowest BCUT2D eigenvalue weighted by Gasteiger charge is -2.19. The fourth-order valence-corrected chi connectivity index (χ4v) is 1.82. The zero-order valence-electron chi connectivity index (χ0n) is 10.5. The van der Waals surface area contributed by atoms with E-state index in [1.54, 1.807) is 13.2 Å². The van der Waals surface area contributed by atoms with Crippen molar-refractivity contribution in [3.63, 3.8) is 0 Å². The second kappa shape index (κ2) is 6.76. The largest absolute Gasteiger partial charge is 0.481 e. The first-order valence-corrected chi connectivity index (χ1v) is 5.60. The summed E-state index contributed by atoms with van der Waals surface area (Å²) in [6.07, 6.45) is -0.152. The molecular weight excluding hydrogens is 234 g/mol. The third kappa shape index (κ3) is 4.18. The highest BCUT2D eigenvalue weighted by Crippen LogP contribution is 2.21. The fraction of sp³-hybridized carbons (Fsp3) is 0.385. The number of carbonyl (C=O) groups is 2. The smallest absolute Gasteiger partial charge is 0.305 e. The van der Waals surface area contributed by atoms with Gasteiger partial charge in [-0.25, -0.2) is 0 Å². The van der Waals surface area contributed by atoms with E-state index >= 15 is 0 Å². The minimum absolute atomic E-state index is 0.152. The highest BCUT2D eigenvalue weighted by molar-refractivity contribution is 5.75. The SMILES string of the molecule is COCc1ccccc1[C@H](CC(=O)O)NC(C)=O. The molecule has 0 saturated carbocycles. The van der Waals surface area contributed by atoms with Crippen LogP contribution in [0.4, 0.5) is 0 Å². The van der Waals surface area contributed by atoms with E-state index in [0.717, 1.165) is 11.1 Å². The fourth-order valence-electron chi connectivity index (χ4n) is 1.82. The molecule has 0 fully saturated rings. The van der Waals surface area contributed by atoms with Crippen LogP contribution < -0.4 is 5.32 Å². The molecule has 5 nitrogen and oxygen atoms in total. The van der Waals surface area contributed by atoms with Crippen molar-refractivity contribution in [3.05, 3.63) is 35.4 Å². The Morgan fingerprint density at radius 1 is 1.39 bits per heavy atom. The molecule has 0 unspecified atom stereocenters. The molecule has 2 N–H and O–H groups in total. The van der Waals surface area contributed by atoms with Crippen LogP contribution in [0, 0.1) is 0 Å². The summed E-state index contributed by atoms with van der Waals surface area (Å²) in [5, 5.41) is 11.5. The molecule has 1 atom stereocenters. The van der Waals surface area contributed by atoms with Crippen LogP contribution in [0.1, 0.15) is 30.5 Å². The van der Waals surface area contributed by atoms with Gasteiger partial charge in [-0.3, -0.25) is 9.59 Å². The van der Waals surface area contributed by atoms with Crippen molar-refractivity contribution in [2.24, 2.45) is 0 Å². The number of methoxy groups -OCH3 is 1. The molecule has 1 amide bonds. The van der Waals surface area contributed by atoms with Crippen molar-refractivity contribution in [2.75, 3.05) is 7.11 Å². The molecule has 0 bridgehead atoms.